The molecule has 3 aliphatic heterocycles. The van der Waals surface area contributed by atoms with Crippen molar-refractivity contribution in [3.63, 3.8) is 0 Å². The van der Waals surface area contributed by atoms with Crippen LogP contribution in [-0.2, 0) is 4.79 Å². The lowest BCUT2D eigenvalue weighted by Crippen LogP contribution is -2.41. The summed E-state index contributed by atoms with van der Waals surface area (Å²) in [5, 5.41) is 3.55. The monoisotopic (exact) mass is 471 g/mol. The van der Waals surface area contributed by atoms with E-state index >= 15 is 0 Å². The molecule has 5 rings (SSSR count). The fraction of sp³-hybridized carbons (Fsp3) is 0.308. The number of benzene rings is 1. The van der Waals surface area contributed by atoms with Gasteiger partial charge >= 0.3 is 0 Å². The van der Waals surface area contributed by atoms with Crippen molar-refractivity contribution in [2.45, 2.75) is 26.1 Å². The van der Waals surface area contributed by atoms with Crippen molar-refractivity contribution in [2.75, 3.05) is 20.6 Å². The minimum absolute atomic E-state index is 0.0671. The average molecular weight is 472 g/mol. The number of hydrogen-bond acceptors (Lipinski definition) is 6. The van der Waals surface area contributed by atoms with Gasteiger partial charge in [0.05, 0.1) is 24.0 Å². The smallest absolute Gasteiger partial charge is 0.251 e. The third-order valence-corrected chi connectivity index (χ3v) is 6.56. The van der Waals surface area contributed by atoms with Gasteiger partial charge in [0.25, 0.3) is 5.91 Å². The predicted octanol–water partition coefficient (Wildman–Crippen LogP) is 2.18. The lowest BCUT2D eigenvalue weighted by atomic mass is 9.96. The van der Waals surface area contributed by atoms with Crippen LogP contribution >= 0.6 is 0 Å². The number of aromatic nitrogens is 1. The molecule has 1 aromatic heterocycles. The molecule has 0 saturated carbocycles. The highest BCUT2D eigenvalue weighted by Gasteiger charge is 2.29. The summed E-state index contributed by atoms with van der Waals surface area (Å²) < 4.78 is 0. The van der Waals surface area contributed by atoms with Crippen LogP contribution in [0, 0.1) is 5.92 Å². The van der Waals surface area contributed by atoms with E-state index in [-0.39, 0.29) is 29.9 Å². The fourth-order valence-electron chi connectivity index (χ4n) is 4.60. The standard InChI is InChI=1S/C26H29N7O2/c1-14(2)26(35)33(4)17-8-15(11-28-13-17)16-9-20-23(31-32-24(20)29-12-16)22-10-19-18(25(34)27-3)6-5-7-21(19)30-22/h5-12,14,17,24,30-32H,13H2,1-4H3,(H,27,34). The van der Waals surface area contributed by atoms with E-state index in [4.69, 9.17) is 0 Å². The Morgan fingerprint density at radius 2 is 2.03 bits per heavy atom. The Kier molecular flexibility index (Phi) is 5.86. The largest absolute Gasteiger partial charge is 0.355 e. The van der Waals surface area contributed by atoms with Gasteiger partial charge in [-0.1, -0.05) is 26.0 Å². The van der Waals surface area contributed by atoms with Gasteiger partial charge in [0, 0.05) is 60.1 Å². The number of carbonyl (C=O) groups excluding carboxylic acids is 2. The second-order valence-corrected chi connectivity index (χ2v) is 9.20. The molecule has 0 aliphatic carbocycles. The van der Waals surface area contributed by atoms with Crippen molar-refractivity contribution in [2.24, 2.45) is 15.9 Å². The molecule has 4 N–H and O–H groups in total. The maximum atomic E-state index is 12.5. The minimum Gasteiger partial charge on any atom is -0.355 e. The van der Waals surface area contributed by atoms with Crippen LogP contribution in [0.4, 0.5) is 0 Å². The number of hydrogen-bond donors (Lipinski definition) is 4. The number of allylic oxidation sites excluding steroid dienone is 2. The van der Waals surface area contributed by atoms with E-state index in [0.717, 1.165) is 39.0 Å². The number of H-pyrrole nitrogens is 1. The van der Waals surface area contributed by atoms with Gasteiger partial charge in [-0.2, -0.15) is 0 Å². The molecule has 180 valence electrons. The van der Waals surface area contributed by atoms with Gasteiger partial charge in [-0.25, -0.2) is 5.43 Å². The van der Waals surface area contributed by atoms with Gasteiger partial charge in [0.2, 0.25) is 5.91 Å². The van der Waals surface area contributed by atoms with E-state index in [0.29, 0.717) is 12.1 Å². The van der Waals surface area contributed by atoms with Gasteiger partial charge in [-0.05, 0) is 29.8 Å². The summed E-state index contributed by atoms with van der Waals surface area (Å²) in [6.07, 6.45) is 7.64. The minimum atomic E-state index is -0.222. The van der Waals surface area contributed by atoms with E-state index in [2.05, 4.69) is 43.3 Å². The number of carbonyl (C=O) groups is 2. The lowest BCUT2D eigenvalue weighted by Gasteiger charge is -2.29. The fourth-order valence-corrected chi connectivity index (χ4v) is 4.60. The van der Waals surface area contributed by atoms with Crippen LogP contribution in [0.15, 0.2) is 63.1 Å². The summed E-state index contributed by atoms with van der Waals surface area (Å²) in [7, 11) is 3.46. The molecule has 2 amide bonds. The first-order valence-electron chi connectivity index (χ1n) is 11.7. The van der Waals surface area contributed by atoms with Crippen molar-refractivity contribution >= 4 is 40.8 Å². The second kappa shape index (κ2) is 8.99. The van der Waals surface area contributed by atoms with Crippen molar-refractivity contribution in [1.29, 1.82) is 0 Å². The average Bonchev–Trinajstić information content (AvgIpc) is 3.50. The van der Waals surface area contributed by atoms with Crippen molar-refractivity contribution in [1.82, 2.24) is 26.1 Å². The van der Waals surface area contributed by atoms with Gasteiger partial charge in [-0.15, -0.1) is 0 Å². The highest BCUT2D eigenvalue weighted by molar-refractivity contribution is 6.07. The van der Waals surface area contributed by atoms with Gasteiger partial charge in [0.15, 0.2) is 0 Å². The van der Waals surface area contributed by atoms with Crippen LogP contribution in [0.3, 0.4) is 0 Å². The number of aromatic amines is 1. The first-order valence-corrected chi connectivity index (χ1v) is 11.7. The summed E-state index contributed by atoms with van der Waals surface area (Å²) in [5.41, 5.74) is 12.5. The molecule has 2 atom stereocenters. The Labute approximate surface area is 203 Å². The Balaban J connectivity index is 1.50. The molecular weight excluding hydrogens is 442 g/mol. The molecule has 2 aromatic rings. The number of nitrogens with one attached hydrogen (secondary N) is 4. The van der Waals surface area contributed by atoms with E-state index < -0.39 is 0 Å². The molecular formula is C26H29N7O2. The van der Waals surface area contributed by atoms with Crippen LogP contribution in [0.25, 0.3) is 16.6 Å². The van der Waals surface area contributed by atoms with Crippen LogP contribution in [0.2, 0.25) is 0 Å². The first-order chi connectivity index (χ1) is 16.9. The van der Waals surface area contributed by atoms with Crippen LogP contribution in [0.1, 0.15) is 29.9 Å². The number of rotatable bonds is 5. The number of amides is 2. The van der Waals surface area contributed by atoms with Crippen molar-refractivity contribution in [3.05, 3.63) is 64.4 Å². The molecule has 3 aliphatic rings. The zero-order valence-electron chi connectivity index (χ0n) is 20.2. The van der Waals surface area contributed by atoms with E-state index in [1.807, 2.05) is 57.6 Å². The Morgan fingerprint density at radius 3 is 2.80 bits per heavy atom. The Hall–Kier alpha value is -3.98. The van der Waals surface area contributed by atoms with Gasteiger partial charge in [0.1, 0.15) is 6.17 Å². The van der Waals surface area contributed by atoms with Crippen molar-refractivity contribution in [3.8, 4) is 0 Å². The normalized spacial score (nSPS) is 21.1. The maximum Gasteiger partial charge on any atom is 0.251 e. The van der Waals surface area contributed by atoms with E-state index in [9.17, 15) is 9.59 Å². The number of hydrazine groups is 1. The zero-order chi connectivity index (χ0) is 24.7. The number of nitrogens with zero attached hydrogens (tertiary/aromatic N) is 3. The van der Waals surface area contributed by atoms with Gasteiger partial charge in [-0.3, -0.25) is 19.6 Å². The molecule has 0 radical (unpaired) electrons. The molecule has 9 heteroatoms. The summed E-state index contributed by atoms with van der Waals surface area (Å²) >= 11 is 0. The molecule has 0 bridgehead atoms. The first kappa shape index (κ1) is 22.8. The molecule has 0 spiro atoms. The highest BCUT2D eigenvalue weighted by atomic mass is 16.2. The lowest BCUT2D eigenvalue weighted by molar-refractivity contribution is -0.134. The molecule has 1 aromatic carbocycles. The highest BCUT2D eigenvalue weighted by Crippen LogP contribution is 2.31. The molecule has 35 heavy (non-hydrogen) atoms. The summed E-state index contributed by atoms with van der Waals surface area (Å²) in [5.74, 6) is -0.0987. The van der Waals surface area contributed by atoms with Crippen LogP contribution in [-0.4, -0.2) is 67.0 Å². The van der Waals surface area contributed by atoms with Crippen molar-refractivity contribution < 1.29 is 9.59 Å². The molecule has 0 fully saturated rings. The molecule has 2 unspecified atom stereocenters. The number of fused-ring (bicyclic) bond motifs is 2. The maximum absolute atomic E-state index is 12.5. The molecule has 9 nitrogen and oxygen atoms in total. The van der Waals surface area contributed by atoms with Crippen LogP contribution < -0.4 is 16.2 Å². The molecule has 0 saturated heterocycles. The number of likely N-dealkylation sites (N-methyl/N-ethyl adjacent to an activating group) is 1. The third kappa shape index (κ3) is 4.08. The number of dihydropyridines is 2. The summed E-state index contributed by atoms with van der Waals surface area (Å²) in [6, 6.07) is 7.52. The SMILES string of the molecule is CNC(=O)c1cccc2[nH]c(C3=C4C=C(C5=CC(N(C)C(=O)C(C)C)CN=C5)C=NC4NN3)cc12. The summed E-state index contributed by atoms with van der Waals surface area (Å²) in [6.45, 7) is 4.36. The predicted molar refractivity (Wildman–Crippen MR) is 138 cm³/mol. The zero-order valence-corrected chi connectivity index (χ0v) is 20.2. The Morgan fingerprint density at radius 1 is 1.20 bits per heavy atom. The summed E-state index contributed by atoms with van der Waals surface area (Å²) in [4.78, 5) is 39.2. The van der Waals surface area contributed by atoms with Crippen LogP contribution in [0.5, 0.6) is 0 Å². The van der Waals surface area contributed by atoms with Gasteiger partial charge < -0.3 is 20.6 Å². The van der Waals surface area contributed by atoms with E-state index in [1.165, 1.54) is 0 Å². The Bertz CT molecular complexity index is 1360. The quantitative estimate of drug-likeness (QED) is 0.535. The van der Waals surface area contributed by atoms with E-state index in [1.54, 1.807) is 11.9 Å². The second-order valence-electron chi connectivity index (χ2n) is 9.20. The topological polar surface area (TPSA) is 114 Å². The molecule has 4 heterocycles. The number of aliphatic imine (C=N–C) groups is 2. The third-order valence-electron chi connectivity index (χ3n) is 6.56.